The van der Waals surface area contributed by atoms with Crippen LogP contribution in [0.15, 0.2) is 53.5 Å². The number of nitrogens with one attached hydrogen (secondary N) is 2. The Morgan fingerprint density at radius 2 is 2.10 bits per heavy atom. The van der Waals surface area contributed by atoms with Crippen molar-refractivity contribution < 1.29 is 4.74 Å². The standard InChI is InChI=1S/C13H10BrN5O/c14-10-3-1-2-4-11(10)20-13-5-12(15-8-16-13)19-9-6-17-18-7-9/h1-8H,(H,17,18)(H,15,16,19). The lowest BCUT2D eigenvalue weighted by Gasteiger charge is -2.07. The van der Waals surface area contributed by atoms with Gasteiger partial charge in [0.05, 0.1) is 16.4 Å². The highest BCUT2D eigenvalue weighted by Crippen LogP contribution is 2.28. The van der Waals surface area contributed by atoms with Crippen molar-refractivity contribution in [1.82, 2.24) is 20.2 Å². The fourth-order valence-corrected chi connectivity index (χ4v) is 1.94. The van der Waals surface area contributed by atoms with Gasteiger partial charge in [-0.2, -0.15) is 5.10 Å². The summed E-state index contributed by atoms with van der Waals surface area (Å²) in [7, 11) is 0. The summed E-state index contributed by atoms with van der Waals surface area (Å²) in [5, 5.41) is 9.66. The Kier molecular flexibility index (Phi) is 3.60. The third-order valence-corrected chi connectivity index (χ3v) is 3.12. The topological polar surface area (TPSA) is 75.7 Å². The molecule has 0 aliphatic heterocycles. The van der Waals surface area contributed by atoms with Gasteiger partial charge in [-0.1, -0.05) is 12.1 Å². The number of ether oxygens (including phenoxy) is 1. The van der Waals surface area contributed by atoms with Gasteiger partial charge < -0.3 is 10.1 Å². The van der Waals surface area contributed by atoms with Crippen molar-refractivity contribution in [1.29, 1.82) is 0 Å². The number of aromatic nitrogens is 4. The Morgan fingerprint density at radius 1 is 1.20 bits per heavy atom. The molecule has 100 valence electrons. The van der Waals surface area contributed by atoms with Crippen molar-refractivity contribution in [2.45, 2.75) is 0 Å². The molecule has 7 heteroatoms. The van der Waals surface area contributed by atoms with Crippen molar-refractivity contribution in [2.75, 3.05) is 5.32 Å². The van der Waals surface area contributed by atoms with Crippen molar-refractivity contribution in [3.8, 4) is 11.6 Å². The summed E-state index contributed by atoms with van der Waals surface area (Å²) < 4.78 is 6.57. The first-order valence-electron chi connectivity index (χ1n) is 5.81. The Hall–Kier alpha value is -2.41. The molecule has 6 nitrogen and oxygen atoms in total. The molecule has 0 atom stereocenters. The molecule has 0 bridgehead atoms. The zero-order chi connectivity index (χ0) is 13.8. The second-order valence-electron chi connectivity index (χ2n) is 3.89. The third-order valence-electron chi connectivity index (χ3n) is 2.46. The molecule has 2 aromatic heterocycles. The van der Waals surface area contributed by atoms with Crippen LogP contribution in [0.1, 0.15) is 0 Å². The average Bonchev–Trinajstić information content (AvgIpc) is 2.95. The maximum Gasteiger partial charge on any atom is 0.224 e. The predicted molar refractivity (Wildman–Crippen MR) is 78.1 cm³/mol. The van der Waals surface area contributed by atoms with Crippen LogP contribution in [0.2, 0.25) is 0 Å². The fraction of sp³-hybridized carbons (Fsp3) is 0. The van der Waals surface area contributed by atoms with Crippen LogP contribution in [0.3, 0.4) is 0 Å². The molecule has 0 aliphatic carbocycles. The minimum Gasteiger partial charge on any atom is -0.438 e. The Morgan fingerprint density at radius 3 is 2.90 bits per heavy atom. The molecular formula is C13H10BrN5O. The fourth-order valence-electron chi connectivity index (χ4n) is 1.57. The van der Waals surface area contributed by atoms with Crippen molar-refractivity contribution >= 4 is 27.4 Å². The quantitative estimate of drug-likeness (QED) is 0.765. The van der Waals surface area contributed by atoms with E-state index in [0.717, 1.165) is 10.2 Å². The molecule has 3 aromatic rings. The van der Waals surface area contributed by atoms with Crippen molar-refractivity contribution in [3.63, 3.8) is 0 Å². The first-order chi connectivity index (χ1) is 9.81. The molecule has 0 radical (unpaired) electrons. The second kappa shape index (κ2) is 5.70. The van der Waals surface area contributed by atoms with Crippen LogP contribution in [0.5, 0.6) is 11.6 Å². The van der Waals surface area contributed by atoms with Crippen LogP contribution in [-0.2, 0) is 0 Å². The molecule has 0 spiro atoms. The molecule has 0 saturated heterocycles. The van der Waals surface area contributed by atoms with E-state index in [1.165, 1.54) is 6.33 Å². The Balaban J connectivity index is 1.79. The van der Waals surface area contributed by atoms with Gasteiger partial charge in [-0.05, 0) is 28.1 Å². The number of hydrogen-bond donors (Lipinski definition) is 2. The summed E-state index contributed by atoms with van der Waals surface area (Å²) in [6, 6.07) is 9.29. The monoisotopic (exact) mass is 331 g/mol. The van der Waals surface area contributed by atoms with Crippen molar-refractivity contribution in [2.24, 2.45) is 0 Å². The molecule has 0 unspecified atom stereocenters. The van der Waals surface area contributed by atoms with Crippen LogP contribution in [0.4, 0.5) is 11.5 Å². The van der Waals surface area contributed by atoms with E-state index in [0.29, 0.717) is 17.4 Å². The number of rotatable bonds is 4. The normalized spacial score (nSPS) is 10.2. The number of aromatic amines is 1. The summed E-state index contributed by atoms with van der Waals surface area (Å²) in [5.74, 6) is 1.78. The van der Waals surface area contributed by atoms with Crippen LogP contribution in [0, 0.1) is 0 Å². The number of hydrogen-bond acceptors (Lipinski definition) is 5. The predicted octanol–water partition coefficient (Wildman–Crippen LogP) is 3.50. The van der Waals surface area contributed by atoms with Crippen molar-refractivity contribution in [3.05, 3.63) is 53.5 Å². The zero-order valence-electron chi connectivity index (χ0n) is 10.2. The SMILES string of the molecule is Brc1ccccc1Oc1cc(Nc2cn[nH]c2)ncn1. The largest absolute Gasteiger partial charge is 0.438 e. The van der Waals surface area contributed by atoms with E-state index in [-0.39, 0.29) is 0 Å². The number of halogens is 1. The molecule has 1 aromatic carbocycles. The van der Waals surface area contributed by atoms with Gasteiger partial charge in [0.1, 0.15) is 17.9 Å². The first kappa shape index (κ1) is 12.6. The van der Waals surface area contributed by atoms with Gasteiger partial charge in [0.15, 0.2) is 0 Å². The second-order valence-corrected chi connectivity index (χ2v) is 4.74. The lowest BCUT2D eigenvalue weighted by Crippen LogP contribution is -1.95. The average molecular weight is 332 g/mol. The molecular weight excluding hydrogens is 322 g/mol. The number of nitrogens with zero attached hydrogens (tertiary/aromatic N) is 3. The van der Waals surface area contributed by atoms with E-state index in [1.54, 1.807) is 18.5 Å². The molecule has 3 rings (SSSR count). The Bertz CT molecular complexity index is 701. The lowest BCUT2D eigenvalue weighted by atomic mass is 10.3. The van der Waals surface area contributed by atoms with Gasteiger partial charge in [-0.3, -0.25) is 5.10 Å². The smallest absolute Gasteiger partial charge is 0.224 e. The van der Waals surface area contributed by atoms with Crippen LogP contribution in [-0.4, -0.2) is 20.2 Å². The van der Waals surface area contributed by atoms with Crippen LogP contribution < -0.4 is 10.1 Å². The summed E-state index contributed by atoms with van der Waals surface area (Å²) in [6.45, 7) is 0. The van der Waals surface area contributed by atoms with E-state index in [4.69, 9.17) is 4.74 Å². The number of anilines is 2. The van der Waals surface area contributed by atoms with Gasteiger partial charge >= 0.3 is 0 Å². The highest BCUT2D eigenvalue weighted by molar-refractivity contribution is 9.10. The molecule has 2 heterocycles. The number of para-hydroxylation sites is 1. The Labute approximate surface area is 123 Å². The number of benzene rings is 1. The van der Waals surface area contributed by atoms with Crippen LogP contribution in [0.25, 0.3) is 0 Å². The lowest BCUT2D eigenvalue weighted by molar-refractivity contribution is 0.459. The summed E-state index contributed by atoms with van der Waals surface area (Å²) in [4.78, 5) is 8.21. The summed E-state index contributed by atoms with van der Waals surface area (Å²) in [5.41, 5.74) is 0.815. The van der Waals surface area contributed by atoms with Crippen LogP contribution >= 0.6 is 15.9 Å². The van der Waals surface area contributed by atoms with Gasteiger partial charge in [-0.25, -0.2) is 9.97 Å². The highest BCUT2D eigenvalue weighted by Gasteiger charge is 2.05. The van der Waals surface area contributed by atoms with Gasteiger partial charge in [0, 0.05) is 12.3 Å². The van der Waals surface area contributed by atoms with E-state index in [1.807, 2.05) is 24.3 Å². The first-order valence-corrected chi connectivity index (χ1v) is 6.61. The van der Waals surface area contributed by atoms with E-state index in [9.17, 15) is 0 Å². The summed E-state index contributed by atoms with van der Waals surface area (Å²) in [6.07, 6.45) is 4.83. The minimum absolute atomic E-state index is 0.456. The number of H-pyrrole nitrogens is 1. The molecule has 20 heavy (non-hydrogen) atoms. The minimum atomic E-state index is 0.456. The summed E-state index contributed by atoms with van der Waals surface area (Å²) >= 11 is 3.42. The zero-order valence-corrected chi connectivity index (χ0v) is 11.8. The highest BCUT2D eigenvalue weighted by atomic mass is 79.9. The van der Waals surface area contributed by atoms with E-state index >= 15 is 0 Å². The van der Waals surface area contributed by atoms with E-state index in [2.05, 4.69) is 41.4 Å². The van der Waals surface area contributed by atoms with E-state index < -0.39 is 0 Å². The van der Waals surface area contributed by atoms with Gasteiger partial charge in [-0.15, -0.1) is 0 Å². The van der Waals surface area contributed by atoms with Gasteiger partial charge in [0.2, 0.25) is 5.88 Å². The maximum absolute atomic E-state index is 5.71. The van der Waals surface area contributed by atoms with Gasteiger partial charge in [0.25, 0.3) is 0 Å². The third kappa shape index (κ3) is 2.94. The molecule has 0 fully saturated rings. The molecule has 0 saturated carbocycles. The molecule has 0 aliphatic rings. The molecule has 2 N–H and O–H groups in total. The molecule has 0 amide bonds. The maximum atomic E-state index is 5.71.